The Kier molecular flexibility index (Phi) is 4.69. The Bertz CT molecular complexity index is 552. The van der Waals surface area contributed by atoms with E-state index in [4.69, 9.17) is 0 Å². The summed E-state index contributed by atoms with van der Waals surface area (Å²) in [4.78, 5) is 24.5. The number of aromatic nitrogens is 1. The molecule has 0 saturated heterocycles. The van der Waals surface area contributed by atoms with Crippen molar-refractivity contribution in [2.45, 2.75) is 19.7 Å². The third-order valence-electron chi connectivity index (χ3n) is 2.02. The lowest BCUT2D eigenvalue weighted by molar-refractivity contribution is -0.275. The summed E-state index contributed by atoms with van der Waals surface area (Å²) in [5.41, 5.74) is -3.98. The summed E-state index contributed by atoms with van der Waals surface area (Å²) in [6.07, 6.45) is -8.48. The third kappa shape index (κ3) is 3.68. The van der Waals surface area contributed by atoms with E-state index in [1.165, 1.54) is 6.92 Å². The lowest BCUT2D eigenvalue weighted by Gasteiger charge is -2.14. The molecule has 1 aromatic rings. The van der Waals surface area contributed by atoms with Gasteiger partial charge in [-0.05, 0) is 6.92 Å². The molecule has 0 saturated carbocycles. The van der Waals surface area contributed by atoms with Crippen molar-refractivity contribution < 1.29 is 36.2 Å². The molecular weight excluding hydrogens is 293 g/mol. The number of H-pyrrole nitrogens is 1. The maximum atomic E-state index is 12.8. The smallest absolute Gasteiger partial charge is 0.462 e. The number of aromatic amines is 1. The minimum atomic E-state index is -5.26. The molecular formula is C10H8F5NO4. The van der Waals surface area contributed by atoms with E-state index in [2.05, 4.69) is 9.47 Å². The normalized spacial score (nSPS) is 11.6. The Balaban J connectivity index is 3.45. The monoisotopic (exact) mass is 301 g/mol. The van der Waals surface area contributed by atoms with Crippen LogP contribution in [0, 0.1) is 0 Å². The molecule has 112 valence electrons. The fourth-order valence-corrected chi connectivity index (χ4v) is 1.36. The molecule has 0 amide bonds. The fraction of sp³-hybridized carbons (Fsp3) is 0.400. The van der Waals surface area contributed by atoms with E-state index in [0.29, 0.717) is 6.20 Å². The zero-order valence-corrected chi connectivity index (χ0v) is 9.88. The molecule has 0 radical (unpaired) electrons. The standard InChI is InChI=1S/C10H8F5NO4/c1-2-19-9(18)6-5(7(11)12)4(3-16-8(6)17)20-10(13,14)15/h3,7H,2H2,1H3,(H,16,17). The Morgan fingerprint density at radius 2 is 2.00 bits per heavy atom. The lowest BCUT2D eigenvalue weighted by Crippen LogP contribution is -2.26. The van der Waals surface area contributed by atoms with E-state index < -0.39 is 41.2 Å². The number of carbonyl (C=O) groups excluding carboxylic acids is 1. The van der Waals surface area contributed by atoms with Crippen molar-refractivity contribution in [1.29, 1.82) is 0 Å². The largest absolute Gasteiger partial charge is 0.573 e. The maximum Gasteiger partial charge on any atom is 0.573 e. The van der Waals surface area contributed by atoms with Crippen LogP contribution >= 0.6 is 0 Å². The Morgan fingerprint density at radius 1 is 1.40 bits per heavy atom. The van der Waals surface area contributed by atoms with Crippen molar-refractivity contribution in [3.63, 3.8) is 0 Å². The van der Waals surface area contributed by atoms with Crippen molar-refractivity contribution in [1.82, 2.24) is 4.98 Å². The van der Waals surface area contributed by atoms with E-state index in [1.807, 2.05) is 0 Å². The molecule has 10 heteroatoms. The number of nitrogens with one attached hydrogen (secondary N) is 1. The van der Waals surface area contributed by atoms with Gasteiger partial charge in [0.05, 0.1) is 12.2 Å². The highest BCUT2D eigenvalue weighted by molar-refractivity contribution is 5.91. The molecule has 0 aliphatic rings. The number of hydrogen-bond donors (Lipinski definition) is 1. The third-order valence-corrected chi connectivity index (χ3v) is 2.02. The van der Waals surface area contributed by atoms with Crippen LogP contribution in [0.5, 0.6) is 5.75 Å². The Hall–Kier alpha value is -2.13. The molecule has 5 nitrogen and oxygen atoms in total. The lowest BCUT2D eigenvalue weighted by atomic mass is 10.1. The van der Waals surface area contributed by atoms with Crippen LogP contribution < -0.4 is 10.3 Å². The van der Waals surface area contributed by atoms with Crippen LogP contribution in [0.15, 0.2) is 11.0 Å². The van der Waals surface area contributed by atoms with Gasteiger partial charge in [-0.3, -0.25) is 4.79 Å². The molecule has 1 heterocycles. The van der Waals surface area contributed by atoms with Crippen LogP contribution in [0.1, 0.15) is 29.3 Å². The summed E-state index contributed by atoms with van der Waals surface area (Å²) < 4.78 is 69.7. The number of ether oxygens (including phenoxy) is 2. The highest BCUT2D eigenvalue weighted by Gasteiger charge is 2.36. The van der Waals surface area contributed by atoms with Crippen molar-refractivity contribution in [3.05, 3.63) is 27.7 Å². The number of alkyl halides is 5. The second-order valence-corrected chi connectivity index (χ2v) is 3.34. The van der Waals surface area contributed by atoms with Crippen LogP contribution in [0.3, 0.4) is 0 Å². The minimum absolute atomic E-state index is 0.245. The van der Waals surface area contributed by atoms with Crippen LogP contribution in [0.25, 0.3) is 0 Å². The summed E-state index contributed by atoms with van der Waals surface area (Å²) >= 11 is 0. The van der Waals surface area contributed by atoms with Gasteiger partial charge in [-0.25, -0.2) is 13.6 Å². The van der Waals surface area contributed by atoms with Gasteiger partial charge in [0.1, 0.15) is 5.56 Å². The first-order chi connectivity index (χ1) is 9.17. The number of hydrogen-bond acceptors (Lipinski definition) is 4. The van der Waals surface area contributed by atoms with E-state index in [1.54, 1.807) is 4.98 Å². The maximum absolute atomic E-state index is 12.8. The quantitative estimate of drug-likeness (QED) is 0.685. The summed E-state index contributed by atoms with van der Waals surface area (Å²) in [6.45, 7) is 1.09. The van der Waals surface area contributed by atoms with Gasteiger partial charge >= 0.3 is 12.3 Å². The molecule has 0 atom stereocenters. The van der Waals surface area contributed by atoms with Crippen LogP contribution in [0.4, 0.5) is 22.0 Å². The molecule has 0 aromatic carbocycles. The average molecular weight is 301 g/mol. The van der Waals surface area contributed by atoms with Gasteiger partial charge in [-0.1, -0.05) is 0 Å². The molecule has 20 heavy (non-hydrogen) atoms. The van der Waals surface area contributed by atoms with Gasteiger partial charge in [0, 0.05) is 6.20 Å². The summed E-state index contributed by atoms with van der Waals surface area (Å²) in [5, 5.41) is 0. The zero-order valence-electron chi connectivity index (χ0n) is 9.88. The molecule has 0 bridgehead atoms. The molecule has 1 aromatic heterocycles. The second kappa shape index (κ2) is 5.88. The van der Waals surface area contributed by atoms with E-state index in [9.17, 15) is 31.5 Å². The number of pyridine rings is 1. The molecule has 0 aliphatic carbocycles. The number of halogens is 5. The summed E-state index contributed by atoms with van der Waals surface area (Å²) in [5.74, 6) is -2.83. The number of rotatable bonds is 4. The van der Waals surface area contributed by atoms with Crippen molar-refractivity contribution >= 4 is 5.97 Å². The van der Waals surface area contributed by atoms with Crippen molar-refractivity contribution in [3.8, 4) is 5.75 Å². The highest BCUT2D eigenvalue weighted by Crippen LogP contribution is 2.33. The summed E-state index contributed by atoms with van der Waals surface area (Å²) in [7, 11) is 0. The van der Waals surface area contributed by atoms with E-state index in [0.717, 1.165) is 0 Å². The second-order valence-electron chi connectivity index (χ2n) is 3.34. The minimum Gasteiger partial charge on any atom is -0.462 e. The van der Waals surface area contributed by atoms with Gasteiger partial charge in [0.25, 0.3) is 12.0 Å². The van der Waals surface area contributed by atoms with Gasteiger partial charge in [0.2, 0.25) is 0 Å². The fourth-order valence-electron chi connectivity index (χ4n) is 1.36. The van der Waals surface area contributed by atoms with Gasteiger partial charge in [-0.15, -0.1) is 13.2 Å². The van der Waals surface area contributed by atoms with Crippen LogP contribution in [-0.2, 0) is 4.74 Å². The molecule has 0 spiro atoms. The van der Waals surface area contributed by atoms with Crippen molar-refractivity contribution in [2.24, 2.45) is 0 Å². The predicted octanol–water partition coefficient (Wildman–Crippen LogP) is 2.39. The van der Waals surface area contributed by atoms with Crippen LogP contribution in [0.2, 0.25) is 0 Å². The van der Waals surface area contributed by atoms with E-state index in [-0.39, 0.29) is 6.61 Å². The molecule has 0 fully saturated rings. The topological polar surface area (TPSA) is 68.4 Å². The Labute approximate surface area is 108 Å². The summed E-state index contributed by atoms with van der Waals surface area (Å²) in [6, 6.07) is 0. The highest BCUT2D eigenvalue weighted by atomic mass is 19.4. The zero-order chi connectivity index (χ0) is 15.5. The number of esters is 1. The number of carbonyl (C=O) groups is 1. The molecule has 1 rings (SSSR count). The van der Waals surface area contributed by atoms with Gasteiger partial charge < -0.3 is 14.5 Å². The molecule has 0 aliphatic heterocycles. The van der Waals surface area contributed by atoms with Crippen LogP contribution in [-0.4, -0.2) is 23.9 Å². The van der Waals surface area contributed by atoms with Gasteiger partial charge in [0.15, 0.2) is 5.75 Å². The average Bonchev–Trinajstić information content (AvgIpc) is 2.29. The van der Waals surface area contributed by atoms with Crippen molar-refractivity contribution in [2.75, 3.05) is 6.61 Å². The van der Waals surface area contributed by atoms with Gasteiger partial charge in [-0.2, -0.15) is 0 Å². The predicted molar refractivity (Wildman–Crippen MR) is 54.7 cm³/mol. The van der Waals surface area contributed by atoms with E-state index >= 15 is 0 Å². The SMILES string of the molecule is CCOC(=O)c1c(C(F)F)c(OC(F)(F)F)c[nH]c1=O. The first-order valence-electron chi connectivity index (χ1n) is 5.14. The molecule has 0 unspecified atom stereocenters. The first kappa shape index (κ1) is 15.9. The first-order valence-corrected chi connectivity index (χ1v) is 5.14. The Morgan fingerprint density at radius 3 is 2.45 bits per heavy atom. The molecule has 1 N–H and O–H groups in total.